The minimum atomic E-state index is -0.532. The molecule has 1 saturated heterocycles. The first-order valence-electron chi connectivity index (χ1n) is 9.03. The van der Waals surface area contributed by atoms with Crippen LogP contribution in [-0.2, 0) is 20.9 Å². The van der Waals surface area contributed by atoms with E-state index in [1.807, 2.05) is 6.07 Å². The number of hydrogen-bond donors (Lipinski definition) is 2. The van der Waals surface area contributed by atoms with Crippen LogP contribution in [-0.4, -0.2) is 63.8 Å². The van der Waals surface area contributed by atoms with Gasteiger partial charge >= 0.3 is 0 Å². The maximum atomic E-state index is 12.3. The predicted octanol–water partition coefficient (Wildman–Crippen LogP) is 0.954. The Balaban J connectivity index is 0.00000392. The molecular formula is C19H30ClN3O5. The molecule has 1 atom stereocenters. The topological polar surface area (TPSA) is 103 Å². The molecule has 0 bridgehead atoms. The number of hydrogen-bond acceptors (Lipinski definition) is 6. The van der Waals surface area contributed by atoms with Crippen LogP contribution in [0.5, 0.6) is 11.5 Å². The number of methoxy groups -OCH3 is 1. The number of nitrogens with zero attached hydrogens (tertiary/aromatic N) is 1. The van der Waals surface area contributed by atoms with Gasteiger partial charge in [-0.3, -0.25) is 9.59 Å². The van der Waals surface area contributed by atoms with Gasteiger partial charge in [0, 0.05) is 33.9 Å². The lowest BCUT2D eigenvalue weighted by Crippen LogP contribution is -2.46. The summed E-state index contributed by atoms with van der Waals surface area (Å²) in [5.74, 6) is 0.815. The predicted molar refractivity (Wildman–Crippen MR) is 108 cm³/mol. The Morgan fingerprint density at radius 2 is 1.96 bits per heavy atom. The molecule has 0 spiro atoms. The third-order valence-corrected chi connectivity index (χ3v) is 4.62. The molecule has 1 heterocycles. The van der Waals surface area contributed by atoms with Crippen molar-refractivity contribution in [2.24, 2.45) is 11.7 Å². The van der Waals surface area contributed by atoms with E-state index >= 15 is 0 Å². The van der Waals surface area contributed by atoms with Gasteiger partial charge in [0.1, 0.15) is 0 Å². The Bertz CT molecular complexity index is 650. The molecular weight excluding hydrogens is 386 g/mol. The fourth-order valence-corrected chi connectivity index (χ4v) is 2.81. The molecule has 0 saturated carbocycles. The van der Waals surface area contributed by atoms with Crippen molar-refractivity contribution < 1.29 is 23.8 Å². The van der Waals surface area contributed by atoms with Crippen LogP contribution in [0, 0.1) is 5.92 Å². The number of benzene rings is 1. The summed E-state index contributed by atoms with van der Waals surface area (Å²) in [6.45, 7) is 1.57. The number of nitrogens with two attached hydrogens (primary N) is 1. The van der Waals surface area contributed by atoms with Crippen LogP contribution in [0.1, 0.15) is 18.4 Å². The number of likely N-dealkylation sites (N-methyl/N-ethyl adjacent to an activating group) is 1. The zero-order chi connectivity index (χ0) is 19.8. The number of halogens is 1. The van der Waals surface area contributed by atoms with Crippen molar-refractivity contribution in [1.82, 2.24) is 10.2 Å². The molecule has 2 amide bonds. The van der Waals surface area contributed by atoms with Crippen LogP contribution >= 0.6 is 12.4 Å². The lowest BCUT2D eigenvalue weighted by atomic mass is 9.92. The van der Waals surface area contributed by atoms with Gasteiger partial charge in [0.25, 0.3) is 5.91 Å². The number of carbonyl (C=O) groups excluding carboxylic acids is 2. The molecule has 3 N–H and O–H groups in total. The highest BCUT2D eigenvalue weighted by Gasteiger charge is 2.26. The monoisotopic (exact) mass is 415 g/mol. The average molecular weight is 416 g/mol. The van der Waals surface area contributed by atoms with Gasteiger partial charge < -0.3 is 30.2 Å². The average Bonchev–Trinajstić information content (AvgIpc) is 2.70. The quantitative estimate of drug-likeness (QED) is 0.655. The van der Waals surface area contributed by atoms with Gasteiger partial charge in [-0.15, -0.1) is 12.4 Å². The zero-order valence-corrected chi connectivity index (χ0v) is 17.4. The van der Waals surface area contributed by atoms with Crippen LogP contribution < -0.4 is 20.5 Å². The molecule has 1 fully saturated rings. The Morgan fingerprint density at radius 3 is 2.57 bits per heavy atom. The van der Waals surface area contributed by atoms with Crippen LogP contribution in [0.3, 0.4) is 0 Å². The first-order valence-corrected chi connectivity index (χ1v) is 9.03. The second-order valence-electron chi connectivity index (χ2n) is 6.76. The summed E-state index contributed by atoms with van der Waals surface area (Å²) in [5, 5.41) is 2.87. The van der Waals surface area contributed by atoms with E-state index in [1.165, 1.54) is 12.0 Å². The standard InChI is InChI=1S/C19H29N3O5.ClH/c1-22(2)17(23)12-27-15-5-4-13(10-16(15)25-3)11-21-19(24)18(20)14-6-8-26-9-7-14;/h4-5,10,14,18H,6-9,11-12,20H2,1-3H3,(H,21,24);1H. The first kappa shape index (κ1) is 24.0. The fraction of sp³-hybridized carbons (Fsp3) is 0.579. The molecule has 0 aliphatic carbocycles. The van der Waals surface area contributed by atoms with E-state index in [-0.39, 0.29) is 36.7 Å². The molecule has 9 heteroatoms. The van der Waals surface area contributed by atoms with Gasteiger partial charge in [0.2, 0.25) is 5.91 Å². The third kappa shape index (κ3) is 6.85. The summed E-state index contributed by atoms with van der Waals surface area (Å²) in [6.07, 6.45) is 1.61. The van der Waals surface area contributed by atoms with Crippen LogP contribution in [0.15, 0.2) is 18.2 Å². The summed E-state index contributed by atoms with van der Waals surface area (Å²) < 4.78 is 16.1. The van der Waals surface area contributed by atoms with Gasteiger partial charge in [-0.2, -0.15) is 0 Å². The van der Waals surface area contributed by atoms with Crippen LogP contribution in [0.4, 0.5) is 0 Å². The van der Waals surface area contributed by atoms with Crippen molar-refractivity contribution in [3.63, 3.8) is 0 Å². The summed E-state index contributed by atoms with van der Waals surface area (Å²) in [5.41, 5.74) is 6.93. The Labute approximate surface area is 172 Å². The van der Waals surface area contributed by atoms with E-state index in [0.717, 1.165) is 18.4 Å². The van der Waals surface area contributed by atoms with E-state index in [4.69, 9.17) is 19.9 Å². The number of rotatable bonds is 8. The van der Waals surface area contributed by atoms with Crippen LogP contribution in [0.25, 0.3) is 0 Å². The van der Waals surface area contributed by atoms with E-state index in [9.17, 15) is 9.59 Å². The van der Waals surface area contributed by atoms with Crippen molar-refractivity contribution >= 4 is 24.2 Å². The van der Waals surface area contributed by atoms with E-state index in [0.29, 0.717) is 31.3 Å². The minimum Gasteiger partial charge on any atom is -0.493 e. The van der Waals surface area contributed by atoms with Crippen LogP contribution in [0.2, 0.25) is 0 Å². The highest BCUT2D eigenvalue weighted by atomic mass is 35.5. The lowest BCUT2D eigenvalue weighted by molar-refractivity contribution is -0.130. The number of amides is 2. The molecule has 8 nitrogen and oxygen atoms in total. The zero-order valence-electron chi connectivity index (χ0n) is 16.6. The largest absolute Gasteiger partial charge is 0.493 e. The van der Waals surface area contributed by atoms with Gasteiger partial charge in [-0.1, -0.05) is 6.07 Å². The Kier molecular flexibility index (Phi) is 10.1. The SMILES string of the molecule is COc1cc(CNC(=O)C(N)C2CCOCC2)ccc1OCC(=O)N(C)C.Cl. The summed E-state index contributed by atoms with van der Waals surface area (Å²) >= 11 is 0. The summed E-state index contributed by atoms with van der Waals surface area (Å²) in [7, 11) is 4.86. The lowest BCUT2D eigenvalue weighted by Gasteiger charge is -2.26. The molecule has 1 aliphatic heterocycles. The normalized spacial score (nSPS) is 15.1. The van der Waals surface area contributed by atoms with Gasteiger partial charge in [-0.05, 0) is 36.5 Å². The van der Waals surface area contributed by atoms with Gasteiger partial charge in [0.15, 0.2) is 18.1 Å². The van der Waals surface area contributed by atoms with Gasteiger partial charge in [-0.25, -0.2) is 0 Å². The fourth-order valence-electron chi connectivity index (χ4n) is 2.81. The Morgan fingerprint density at radius 1 is 1.29 bits per heavy atom. The summed E-state index contributed by atoms with van der Waals surface area (Å²) in [6, 6.07) is 4.78. The second kappa shape index (κ2) is 11.7. The van der Waals surface area contributed by atoms with E-state index < -0.39 is 6.04 Å². The molecule has 1 aromatic carbocycles. The number of nitrogens with one attached hydrogen (secondary N) is 1. The van der Waals surface area contributed by atoms with Crippen molar-refractivity contribution in [3.05, 3.63) is 23.8 Å². The Hall–Kier alpha value is -2.03. The highest BCUT2D eigenvalue weighted by molar-refractivity contribution is 5.85. The van der Waals surface area contributed by atoms with Crippen molar-refractivity contribution in [2.75, 3.05) is 41.0 Å². The van der Waals surface area contributed by atoms with E-state index in [2.05, 4.69) is 5.32 Å². The molecule has 0 aromatic heterocycles. The highest BCUT2D eigenvalue weighted by Crippen LogP contribution is 2.28. The van der Waals surface area contributed by atoms with Crippen molar-refractivity contribution in [2.45, 2.75) is 25.4 Å². The van der Waals surface area contributed by atoms with Crippen molar-refractivity contribution in [3.8, 4) is 11.5 Å². The molecule has 28 heavy (non-hydrogen) atoms. The molecule has 1 unspecified atom stereocenters. The summed E-state index contributed by atoms with van der Waals surface area (Å²) in [4.78, 5) is 25.4. The molecule has 2 rings (SSSR count). The second-order valence-corrected chi connectivity index (χ2v) is 6.76. The maximum absolute atomic E-state index is 12.3. The number of ether oxygens (including phenoxy) is 3. The minimum absolute atomic E-state index is 0. The third-order valence-electron chi connectivity index (χ3n) is 4.62. The molecule has 1 aliphatic rings. The molecule has 0 radical (unpaired) electrons. The number of carbonyl (C=O) groups is 2. The smallest absolute Gasteiger partial charge is 0.259 e. The molecule has 1 aromatic rings. The first-order chi connectivity index (χ1) is 12.9. The van der Waals surface area contributed by atoms with Gasteiger partial charge in [0.05, 0.1) is 13.2 Å². The van der Waals surface area contributed by atoms with E-state index in [1.54, 1.807) is 26.2 Å². The van der Waals surface area contributed by atoms with Crippen molar-refractivity contribution in [1.29, 1.82) is 0 Å². The maximum Gasteiger partial charge on any atom is 0.259 e. The molecule has 158 valence electrons.